The summed E-state index contributed by atoms with van der Waals surface area (Å²) in [4.78, 5) is 25.7. The summed E-state index contributed by atoms with van der Waals surface area (Å²) in [6.45, 7) is 6.75. The fourth-order valence-electron chi connectivity index (χ4n) is 6.94. The standard InChI is InChI=1S/C44H51N5O7/c1-30-23-36-37(24-31(30)2)49(43(50)41(45-36)42-46-40(47-56-42)26-48(4)5)25-38(53-28-51-6)32(3)39(54-29-52-7)27-55-44(33-17-11-8-12-18-33,34-19-13-9-14-20-34)35-21-15-10-16-22-35/h8-24,32,38-39H,25-29H2,1-7H3/t32-,38-,39+/m0/s1. The van der Waals surface area contributed by atoms with Gasteiger partial charge in [0.1, 0.15) is 19.2 Å². The van der Waals surface area contributed by atoms with Crippen molar-refractivity contribution in [3.63, 3.8) is 0 Å². The molecule has 294 valence electrons. The molecule has 0 N–H and O–H groups in total. The van der Waals surface area contributed by atoms with E-state index in [1.165, 1.54) is 0 Å². The Morgan fingerprint density at radius 3 is 1.84 bits per heavy atom. The molecule has 0 aliphatic heterocycles. The second kappa shape index (κ2) is 18.7. The lowest BCUT2D eigenvalue weighted by Crippen LogP contribution is -2.44. The Morgan fingerprint density at radius 2 is 1.30 bits per heavy atom. The molecule has 0 fully saturated rings. The van der Waals surface area contributed by atoms with Crippen molar-refractivity contribution in [1.82, 2.24) is 24.6 Å². The van der Waals surface area contributed by atoms with Gasteiger partial charge in [0.2, 0.25) is 0 Å². The predicted octanol–water partition coefficient (Wildman–Crippen LogP) is 6.75. The molecule has 6 aromatic rings. The van der Waals surface area contributed by atoms with E-state index < -0.39 is 17.8 Å². The van der Waals surface area contributed by atoms with E-state index in [4.69, 9.17) is 33.2 Å². The lowest BCUT2D eigenvalue weighted by molar-refractivity contribution is -0.166. The third kappa shape index (κ3) is 8.97. The Kier molecular flexibility index (Phi) is 13.6. The highest BCUT2D eigenvalue weighted by molar-refractivity contribution is 5.78. The van der Waals surface area contributed by atoms with Gasteiger partial charge in [0.25, 0.3) is 11.4 Å². The molecule has 0 aliphatic rings. The van der Waals surface area contributed by atoms with E-state index in [-0.39, 0.29) is 49.8 Å². The monoisotopic (exact) mass is 761 g/mol. The minimum atomic E-state index is -0.987. The molecular formula is C44H51N5O7. The van der Waals surface area contributed by atoms with Gasteiger partial charge >= 0.3 is 0 Å². The number of fused-ring (bicyclic) bond motifs is 1. The number of aromatic nitrogens is 4. The van der Waals surface area contributed by atoms with Crippen LogP contribution >= 0.6 is 0 Å². The maximum absolute atomic E-state index is 14.5. The molecule has 2 aromatic heterocycles. The molecule has 0 unspecified atom stereocenters. The van der Waals surface area contributed by atoms with Gasteiger partial charge in [-0.15, -0.1) is 0 Å². The molecule has 12 nitrogen and oxygen atoms in total. The first-order valence-electron chi connectivity index (χ1n) is 18.7. The first-order valence-corrected chi connectivity index (χ1v) is 18.7. The number of hydrogen-bond donors (Lipinski definition) is 0. The van der Waals surface area contributed by atoms with E-state index >= 15 is 0 Å². The van der Waals surface area contributed by atoms with Gasteiger partial charge in [-0.3, -0.25) is 4.79 Å². The van der Waals surface area contributed by atoms with Crippen molar-refractivity contribution in [2.75, 3.05) is 48.5 Å². The Bertz CT molecular complexity index is 2110. The van der Waals surface area contributed by atoms with Gasteiger partial charge in [0.15, 0.2) is 11.5 Å². The van der Waals surface area contributed by atoms with Gasteiger partial charge in [-0.2, -0.15) is 4.98 Å². The van der Waals surface area contributed by atoms with Crippen LogP contribution in [0.3, 0.4) is 0 Å². The number of ether oxygens (including phenoxy) is 5. The van der Waals surface area contributed by atoms with E-state index in [1.807, 2.05) is 106 Å². The van der Waals surface area contributed by atoms with Crippen molar-refractivity contribution in [1.29, 1.82) is 0 Å². The molecule has 6 rings (SSSR count). The zero-order valence-electron chi connectivity index (χ0n) is 33.2. The lowest BCUT2D eigenvalue weighted by atomic mass is 9.80. The number of hydrogen-bond acceptors (Lipinski definition) is 11. The van der Waals surface area contributed by atoms with Crippen molar-refractivity contribution >= 4 is 11.0 Å². The highest BCUT2D eigenvalue weighted by Crippen LogP contribution is 2.41. The van der Waals surface area contributed by atoms with Crippen LogP contribution in [0, 0.1) is 19.8 Å². The van der Waals surface area contributed by atoms with Crippen molar-refractivity contribution in [3.05, 3.63) is 147 Å². The second-order valence-electron chi connectivity index (χ2n) is 14.2. The summed E-state index contributed by atoms with van der Waals surface area (Å²) >= 11 is 0. The molecule has 0 saturated carbocycles. The van der Waals surface area contributed by atoms with Crippen molar-refractivity contribution < 1.29 is 28.2 Å². The SMILES string of the molecule is COCO[C@@H](Cn1c(=O)c(-c2nc(CN(C)C)no2)nc2cc(C)c(C)cc21)[C@H](C)[C@@H](COC(c1ccccc1)(c1ccccc1)c1ccccc1)OCOC. The molecule has 0 saturated heterocycles. The zero-order valence-corrected chi connectivity index (χ0v) is 33.2. The number of nitrogens with zero attached hydrogens (tertiary/aromatic N) is 5. The topological polar surface area (TPSA) is 123 Å². The summed E-state index contributed by atoms with van der Waals surface area (Å²) in [5.41, 5.74) is 4.88. The van der Waals surface area contributed by atoms with E-state index in [2.05, 4.69) is 46.5 Å². The van der Waals surface area contributed by atoms with Crippen LogP contribution < -0.4 is 5.56 Å². The number of rotatable bonds is 19. The Balaban J connectivity index is 1.42. The molecule has 0 aliphatic carbocycles. The average Bonchev–Trinajstić information content (AvgIpc) is 3.67. The minimum Gasteiger partial charge on any atom is -0.359 e. The maximum Gasteiger partial charge on any atom is 0.282 e. The van der Waals surface area contributed by atoms with Gasteiger partial charge in [0, 0.05) is 20.1 Å². The van der Waals surface area contributed by atoms with Gasteiger partial charge in [-0.1, -0.05) is 103 Å². The van der Waals surface area contributed by atoms with Gasteiger partial charge in [-0.25, -0.2) is 4.98 Å². The van der Waals surface area contributed by atoms with Crippen LogP contribution in [0.25, 0.3) is 22.6 Å². The van der Waals surface area contributed by atoms with E-state index in [9.17, 15) is 4.79 Å². The number of aryl methyl sites for hydroxylation is 2. The lowest BCUT2D eigenvalue weighted by Gasteiger charge is -2.38. The normalized spacial score (nSPS) is 13.6. The van der Waals surface area contributed by atoms with E-state index in [0.717, 1.165) is 27.8 Å². The summed E-state index contributed by atoms with van der Waals surface area (Å²) < 4.78 is 38.2. The summed E-state index contributed by atoms with van der Waals surface area (Å²) in [5, 5.41) is 4.10. The Labute approximate surface area is 328 Å². The molecule has 4 aromatic carbocycles. The first-order chi connectivity index (χ1) is 27.2. The average molecular weight is 762 g/mol. The fraction of sp³-hybridized carbons (Fsp3) is 0.364. The van der Waals surface area contributed by atoms with Crippen LogP contribution in [0.1, 0.15) is 40.6 Å². The molecule has 56 heavy (non-hydrogen) atoms. The first kappa shape index (κ1) is 40.6. The minimum absolute atomic E-state index is 0.0115. The molecule has 0 amide bonds. The van der Waals surface area contributed by atoms with Crippen LogP contribution in [0.5, 0.6) is 0 Å². The third-order valence-electron chi connectivity index (χ3n) is 10.0. The van der Waals surface area contributed by atoms with Crippen LogP contribution in [0.15, 0.2) is 112 Å². The molecule has 0 radical (unpaired) electrons. The second-order valence-corrected chi connectivity index (χ2v) is 14.2. The highest BCUT2D eigenvalue weighted by Gasteiger charge is 2.40. The summed E-state index contributed by atoms with van der Waals surface area (Å²) in [5.74, 6) is 0.140. The van der Waals surface area contributed by atoms with Gasteiger partial charge in [-0.05, 0) is 67.9 Å². The molecule has 3 atom stereocenters. The van der Waals surface area contributed by atoms with E-state index in [1.54, 1.807) is 18.8 Å². The summed E-state index contributed by atoms with van der Waals surface area (Å²) in [6.07, 6.45) is -1.17. The number of methoxy groups -OCH3 is 2. The highest BCUT2D eigenvalue weighted by atomic mass is 16.7. The predicted molar refractivity (Wildman–Crippen MR) is 214 cm³/mol. The largest absolute Gasteiger partial charge is 0.359 e. The third-order valence-corrected chi connectivity index (χ3v) is 10.0. The molecule has 0 spiro atoms. The maximum atomic E-state index is 14.5. The Morgan fingerprint density at radius 1 is 0.768 bits per heavy atom. The van der Waals surface area contributed by atoms with Gasteiger partial charge in [0.05, 0.1) is 42.9 Å². The molecule has 12 heteroatoms. The van der Waals surface area contributed by atoms with Crippen LogP contribution in [-0.4, -0.2) is 85.3 Å². The van der Waals surface area contributed by atoms with Crippen molar-refractivity contribution in [2.24, 2.45) is 5.92 Å². The molecule has 0 bridgehead atoms. The quantitative estimate of drug-likeness (QED) is 0.0644. The van der Waals surface area contributed by atoms with Crippen molar-refractivity contribution in [2.45, 2.75) is 51.7 Å². The van der Waals surface area contributed by atoms with Crippen LogP contribution in [0.4, 0.5) is 0 Å². The summed E-state index contributed by atoms with van der Waals surface area (Å²) in [7, 11) is 6.96. The zero-order chi connectivity index (χ0) is 39.7. The Hall–Kier alpha value is -5.08. The molecular weight excluding hydrogens is 711 g/mol. The number of benzene rings is 4. The van der Waals surface area contributed by atoms with Crippen LogP contribution in [-0.2, 0) is 42.4 Å². The smallest absolute Gasteiger partial charge is 0.282 e. The molecule has 2 heterocycles. The van der Waals surface area contributed by atoms with Crippen molar-refractivity contribution in [3.8, 4) is 11.6 Å². The van der Waals surface area contributed by atoms with E-state index in [0.29, 0.717) is 23.4 Å². The summed E-state index contributed by atoms with van der Waals surface area (Å²) in [6, 6.07) is 34.5. The fourth-order valence-corrected chi connectivity index (χ4v) is 6.94. The van der Waals surface area contributed by atoms with Gasteiger partial charge < -0.3 is 37.7 Å². The van der Waals surface area contributed by atoms with Crippen LogP contribution in [0.2, 0.25) is 0 Å².